The Morgan fingerprint density at radius 2 is 1.43 bits per heavy atom. The second kappa shape index (κ2) is 5.13. The van der Waals surface area contributed by atoms with E-state index in [1.165, 1.54) is 58.0 Å². The summed E-state index contributed by atoms with van der Waals surface area (Å²) in [6.45, 7) is 2.37. The average Bonchev–Trinajstić information content (AvgIpc) is 2.30. The fourth-order valence-corrected chi connectivity index (χ4v) is 3.13. The Balaban J connectivity index is 1.82. The van der Waals surface area contributed by atoms with Crippen molar-refractivity contribution < 1.29 is 0 Å². The molecule has 2 fully saturated rings. The predicted octanol–water partition coefficient (Wildman–Crippen LogP) is 1.89. The minimum Gasteiger partial charge on any atom is -0.327 e. The molecule has 0 radical (unpaired) electrons. The van der Waals surface area contributed by atoms with Crippen molar-refractivity contribution in [3.05, 3.63) is 0 Å². The lowest BCUT2D eigenvalue weighted by Crippen LogP contribution is -2.43. The van der Waals surface area contributed by atoms with Crippen LogP contribution >= 0.6 is 0 Å². The van der Waals surface area contributed by atoms with Crippen LogP contribution in [-0.2, 0) is 0 Å². The van der Waals surface area contributed by atoms with Crippen molar-refractivity contribution in [1.82, 2.24) is 5.32 Å². The summed E-state index contributed by atoms with van der Waals surface area (Å²) in [5.41, 5.74) is 6.40. The first kappa shape index (κ1) is 10.4. The molecule has 2 rings (SSSR count). The smallest absolute Gasteiger partial charge is 0.00965 e. The molecule has 0 bridgehead atoms. The largest absolute Gasteiger partial charge is 0.327 e. The second-order valence-electron chi connectivity index (χ2n) is 5.06. The quantitative estimate of drug-likeness (QED) is 0.708. The summed E-state index contributed by atoms with van der Waals surface area (Å²) in [5, 5.41) is 3.42. The minimum absolute atomic E-state index is 0.498. The molecule has 1 atom stereocenters. The monoisotopic (exact) mass is 196 g/mol. The van der Waals surface area contributed by atoms with Crippen LogP contribution < -0.4 is 11.1 Å². The molecule has 2 aliphatic rings. The third-order valence-electron chi connectivity index (χ3n) is 4.12. The van der Waals surface area contributed by atoms with Crippen molar-refractivity contribution in [3.63, 3.8) is 0 Å². The van der Waals surface area contributed by atoms with Crippen molar-refractivity contribution >= 4 is 0 Å². The second-order valence-corrected chi connectivity index (χ2v) is 5.06. The molecule has 1 aliphatic heterocycles. The first-order chi connectivity index (χ1) is 6.88. The SMILES string of the molecule is NC(C1CCCCC1)C1CCNCC1. The van der Waals surface area contributed by atoms with Gasteiger partial charge in [-0.2, -0.15) is 0 Å². The van der Waals surface area contributed by atoms with E-state index >= 15 is 0 Å². The van der Waals surface area contributed by atoms with E-state index in [2.05, 4.69) is 5.32 Å². The lowest BCUT2D eigenvalue weighted by molar-refractivity contribution is 0.211. The van der Waals surface area contributed by atoms with Gasteiger partial charge in [0, 0.05) is 6.04 Å². The average molecular weight is 196 g/mol. The van der Waals surface area contributed by atoms with Crippen molar-refractivity contribution in [2.45, 2.75) is 51.0 Å². The molecule has 0 aromatic carbocycles. The van der Waals surface area contributed by atoms with E-state index in [0.29, 0.717) is 6.04 Å². The molecule has 82 valence electrons. The molecule has 1 saturated carbocycles. The third-order valence-corrected chi connectivity index (χ3v) is 4.12. The summed E-state index contributed by atoms with van der Waals surface area (Å²) in [7, 11) is 0. The Labute approximate surface area is 87.6 Å². The molecule has 2 nitrogen and oxygen atoms in total. The van der Waals surface area contributed by atoms with Crippen molar-refractivity contribution in [3.8, 4) is 0 Å². The van der Waals surface area contributed by atoms with Crippen molar-refractivity contribution in [2.24, 2.45) is 17.6 Å². The number of hydrogen-bond donors (Lipinski definition) is 2. The van der Waals surface area contributed by atoms with Crippen molar-refractivity contribution in [1.29, 1.82) is 0 Å². The van der Waals surface area contributed by atoms with Crippen molar-refractivity contribution in [2.75, 3.05) is 13.1 Å². The summed E-state index contributed by atoms with van der Waals surface area (Å²) in [6.07, 6.45) is 9.67. The summed E-state index contributed by atoms with van der Waals surface area (Å²) >= 11 is 0. The van der Waals surface area contributed by atoms with E-state index in [4.69, 9.17) is 5.73 Å². The van der Waals surface area contributed by atoms with Crippen LogP contribution in [0.3, 0.4) is 0 Å². The number of hydrogen-bond acceptors (Lipinski definition) is 2. The lowest BCUT2D eigenvalue weighted by Gasteiger charge is -2.35. The van der Waals surface area contributed by atoms with Gasteiger partial charge >= 0.3 is 0 Å². The molecule has 0 amide bonds. The van der Waals surface area contributed by atoms with Gasteiger partial charge in [-0.15, -0.1) is 0 Å². The minimum atomic E-state index is 0.498. The zero-order valence-electron chi connectivity index (χ0n) is 9.17. The zero-order valence-corrected chi connectivity index (χ0v) is 9.17. The van der Waals surface area contributed by atoms with E-state index in [-0.39, 0.29) is 0 Å². The van der Waals surface area contributed by atoms with E-state index in [0.717, 1.165) is 11.8 Å². The van der Waals surface area contributed by atoms with Gasteiger partial charge in [-0.25, -0.2) is 0 Å². The van der Waals surface area contributed by atoms with E-state index in [1.54, 1.807) is 0 Å². The normalized spacial score (nSPS) is 28.9. The molecule has 2 heteroatoms. The molecule has 1 unspecified atom stereocenters. The molecule has 1 saturated heterocycles. The number of piperidine rings is 1. The Bertz CT molecular complexity index is 140. The Morgan fingerprint density at radius 1 is 0.857 bits per heavy atom. The van der Waals surface area contributed by atoms with Gasteiger partial charge in [0.1, 0.15) is 0 Å². The van der Waals surface area contributed by atoms with Crippen LogP contribution in [0.25, 0.3) is 0 Å². The molecule has 0 spiro atoms. The maximum absolute atomic E-state index is 6.40. The van der Waals surface area contributed by atoms with Gasteiger partial charge < -0.3 is 11.1 Å². The lowest BCUT2D eigenvalue weighted by atomic mass is 9.76. The van der Waals surface area contributed by atoms with Gasteiger partial charge in [-0.05, 0) is 50.6 Å². The Hall–Kier alpha value is -0.0800. The van der Waals surface area contributed by atoms with Gasteiger partial charge in [-0.1, -0.05) is 19.3 Å². The maximum atomic E-state index is 6.40. The van der Waals surface area contributed by atoms with Crippen LogP contribution in [0.5, 0.6) is 0 Å². The van der Waals surface area contributed by atoms with Gasteiger partial charge in [0.25, 0.3) is 0 Å². The molecular formula is C12H24N2. The maximum Gasteiger partial charge on any atom is 0.00965 e. The molecule has 1 heterocycles. The molecule has 0 aromatic heterocycles. The topological polar surface area (TPSA) is 38.0 Å². The summed E-state index contributed by atoms with van der Waals surface area (Å²) in [5.74, 6) is 1.64. The van der Waals surface area contributed by atoms with Gasteiger partial charge in [0.2, 0.25) is 0 Å². The standard InChI is InChI=1S/C12H24N2/c13-12(10-4-2-1-3-5-10)11-6-8-14-9-7-11/h10-12,14H,1-9,13H2. The molecular weight excluding hydrogens is 172 g/mol. The van der Waals surface area contributed by atoms with Crippen LogP contribution in [-0.4, -0.2) is 19.1 Å². The molecule has 1 aliphatic carbocycles. The van der Waals surface area contributed by atoms with Crippen LogP contribution in [0.2, 0.25) is 0 Å². The summed E-state index contributed by atoms with van der Waals surface area (Å²) in [6, 6.07) is 0.498. The first-order valence-corrected chi connectivity index (χ1v) is 6.34. The predicted molar refractivity (Wildman–Crippen MR) is 60.1 cm³/mol. The van der Waals surface area contributed by atoms with Crippen LogP contribution in [0, 0.1) is 11.8 Å². The Kier molecular flexibility index (Phi) is 3.82. The third kappa shape index (κ3) is 2.48. The summed E-state index contributed by atoms with van der Waals surface area (Å²) in [4.78, 5) is 0. The van der Waals surface area contributed by atoms with E-state index < -0.39 is 0 Å². The highest BCUT2D eigenvalue weighted by Crippen LogP contribution is 2.31. The number of rotatable bonds is 2. The molecule has 14 heavy (non-hydrogen) atoms. The highest BCUT2D eigenvalue weighted by Gasteiger charge is 2.28. The highest BCUT2D eigenvalue weighted by molar-refractivity contribution is 4.84. The fraction of sp³-hybridized carbons (Fsp3) is 1.00. The first-order valence-electron chi connectivity index (χ1n) is 6.34. The number of nitrogens with two attached hydrogens (primary N) is 1. The summed E-state index contributed by atoms with van der Waals surface area (Å²) < 4.78 is 0. The van der Waals surface area contributed by atoms with Crippen LogP contribution in [0.4, 0.5) is 0 Å². The van der Waals surface area contributed by atoms with E-state index in [1.807, 2.05) is 0 Å². The van der Waals surface area contributed by atoms with E-state index in [9.17, 15) is 0 Å². The zero-order chi connectivity index (χ0) is 9.80. The van der Waals surface area contributed by atoms with Gasteiger partial charge in [-0.3, -0.25) is 0 Å². The number of nitrogens with one attached hydrogen (secondary N) is 1. The van der Waals surface area contributed by atoms with Gasteiger partial charge in [0.15, 0.2) is 0 Å². The highest BCUT2D eigenvalue weighted by atomic mass is 14.9. The van der Waals surface area contributed by atoms with Crippen LogP contribution in [0.1, 0.15) is 44.9 Å². The Morgan fingerprint density at radius 3 is 2.07 bits per heavy atom. The molecule has 3 N–H and O–H groups in total. The van der Waals surface area contributed by atoms with Gasteiger partial charge in [0.05, 0.1) is 0 Å². The molecule has 0 aromatic rings. The van der Waals surface area contributed by atoms with Crippen LogP contribution in [0.15, 0.2) is 0 Å². The fourth-order valence-electron chi connectivity index (χ4n) is 3.13.